The number of alkyl halides is 3. The molecule has 0 heterocycles. The van der Waals surface area contributed by atoms with E-state index >= 15 is 0 Å². The van der Waals surface area contributed by atoms with Crippen LogP contribution >= 0.6 is 11.6 Å². The zero-order chi connectivity index (χ0) is 19.3. The smallest absolute Gasteiger partial charge is 0.348 e. The lowest BCUT2D eigenvalue weighted by Crippen LogP contribution is -2.38. The van der Waals surface area contributed by atoms with Gasteiger partial charge in [-0.1, -0.05) is 35.9 Å². The fourth-order valence-electron chi connectivity index (χ4n) is 2.26. The summed E-state index contributed by atoms with van der Waals surface area (Å²) in [5.74, 6) is -1.05. The van der Waals surface area contributed by atoms with Crippen LogP contribution in [0, 0.1) is 0 Å². The Morgan fingerprint density at radius 1 is 1.12 bits per heavy atom. The van der Waals surface area contributed by atoms with E-state index in [9.17, 15) is 22.8 Å². The highest BCUT2D eigenvalue weighted by atomic mass is 35.5. The van der Waals surface area contributed by atoms with Crippen LogP contribution in [0.4, 0.5) is 13.2 Å². The van der Waals surface area contributed by atoms with Crippen molar-refractivity contribution in [3.63, 3.8) is 0 Å². The maximum atomic E-state index is 12.8. The normalized spacial score (nSPS) is 12.3. The van der Waals surface area contributed by atoms with Gasteiger partial charge in [0.2, 0.25) is 5.91 Å². The van der Waals surface area contributed by atoms with E-state index in [0.29, 0.717) is 5.56 Å². The van der Waals surface area contributed by atoms with Crippen LogP contribution in [0.3, 0.4) is 0 Å². The van der Waals surface area contributed by atoms with Gasteiger partial charge in [-0.2, -0.15) is 13.2 Å². The topological polar surface area (TPSA) is 58.2 Å². The summed E-state index contributed by atoms with van der Waals surface area (Å²) in [6.07, 6.45) is -4.46. The number of nitrogens with one attached hydrogen (secondary N) is 2. The van der Waals surface area contributed by atoms with Gasteiger partial charge in [0, 0.05) is 0 Å². The molecule has 2 N–H and O–H groups in total. The van der Waals surface area contributed by atoms with Gasteiger partial charge in [0.1, 0.15) is 0 Å². The molecule has 8 heteroatoms. The van der Waals surface area contributed by atoms with Gasteiger partial charge in [0.05, 0.1) is 28.7 Å². The molecule has 0 aromatic heterocycles. The number of amides is 2. The van der Waals surface area contributed by atoms with E-state index in [1.165, 1.54) is 18.2 Å². The van der Waals surface area contributed by atoms with Crippen molar-refractivity contribution in [1.29, 1.82) is 0 Å². The summed E-state index contributed by atoms with van der Waals surface area (Å²) in [6.45, 7) is 1.23. The van der Waals surface area contributed by atoms with Crippen molar-refractivity contribution in [2.24, 2.45) is 0 Å². The molecule has 0 aliphatic heterocycles. The number of halogens is 4. The molecule has 2 amide bonds. The first-order valence-corrected chi connectivity index (χ1v) is 8.05. The first kappa shape index (κ1) is 19.8. The molecule has 0 aliphatic carbocycles. The van der Waals surface area contributed by atoms with E-state index in [0.717, 1.165) is 12.1 Å². The second-order valence-corrected chi connectivity index (χ2v) is 5.98. The summed E-state index contributed by atoms with van der Waals surface area (Å²) in [5.41, 5.74) is -0.248. The van der Waals surface area contributed by atoms with Gasteiger partial charge < -0.3 is 10.6 Å². The number of benzene rings is 2. The molecule has 0 radical (unpaired) electrons. The molecule has 0 saturated carbocycles. The summed E-state index contributed by atoms with van der Waals surface area (Å²) in [6, 6.07) is 10.4. The first-order valence-electron chi connectivity index (χ1n) is 7.67. The Morgan fingerprint density at radius 3 is 2.46 bits per heavy atom. The summed E-state index contributed by atoms with van der Waals surface area (Å²) in [4.78, 5) is 23.9. The maximum Gasteiger partial charge on any atom is 0.416 e. The summed E-state index contributed by atoms with van der Waals surface area (Å²) < 4.78 is 38.3. The number of hydrogen-bond acceptors (Lipinski definition) is 2. The highest BCUT2D eigenvalue weighted by Crippen LogP contribution is 2.30. The molecule has 1 unspecified atom stereocenters. The van der Waals surface area contributed by atoms with Gasteiger partial charge in [-0.3, -0.25) is 9.59 Å². The van der Waals surface area contributed by atoms with E-state index in [1.54, 1.807) is 25.1 Å². The maximum absolute atomic E-state index is 12.8. The van der Waals surface area contributed by atoms with E-state index < -0.39 is 29.6 Å². The predicted molar refractivity (Wildman–Crippen MR) is 91.8 cm³/mol. The predicted octanol–water partition coefficient (Wildman–Crippen LogP) is 3.97. The van der Waals surface area contributed by atoms with Crippen molar-refractivity contribution in [3.8, 4) is 0 Å². The number of rotatable bonds is 5. The summed E-state index contributed by atoms with van der Waals surface area (Å²) in [7, 11) is 0. The van der Waals surface area contributed by atoms with E-state index in [1.807, 2.05) is 0 Å². The lowest BCUT2D eigenvalue weighted by Gasteiger charge is -2.16. The number of carbonyl (C=O) groups is 2. The molecule has 0 saturated heterocycles. The van der Waals surface area contributed by atoms with Crippen molar-refractivity contribution >= 4 is 23.4 Å². The van der Waals surface area contributed by atoms with Crippen LogP contribution in [0.2, 0.25) is 5.02 Å². The molecule has 2 aromatic rings. The van der Waals surface area contributed by atoms with Crippen LogP contribution in [0.5, 0.6) is 0 Å². The van der Waals surface area contributed by atoms with E-state index in [4.69, 9.17) is 11.6 Å². The van der Waals surface area contributed by atoms with Crippen LogP contribution in [0.1, 0.15) is 34.5 Å². The Bertz CT molecular complexity index is 809. The highest BCUT2D eigenvalue weighted by Gasteiger charge is 2.30. The third-order valence-corrected chi connectivity index (χ3v) is 3.95. The van der Waals surface area contributed by atoms with Gasteiger partial charge >= 0.3 is 6.18 Å². The van der Waals surface area contributed by atoms with Gasteiger partial charge in [0.15, 0.2) is 0 Å². The van der Waals surface area contributed by atoms with Gasteiger partial charge in [-0.15, -0.1) is 0 Å². The van der Waals surface area contributed by atoms with Crippen molar-refractivity contribution in [1.82, 2.24) is 10.6 Å². The highest BCUT2D eigenvalue weighted by molar-refractivity contribution is 6.33. The van der Waals surface area contributed by atoms with Crippen LogP contribution in [0.15, 0.2) is 48.5 Å². The molecule has 1 atom stereocenters. The lowest BCUT2D eigenvalue weighted by atomic mass is 10.0. The number of hydrogen-bond donors (Lipinski definition) is 2. The fourth-order valence-corrected chi connectivity index (χ4v) is 2.48. The van der Waals surface area contributed by atoms with Crippen LogP contribution in [-0.4, -0.2) is 18.4 Å². The molecular weight excluding hydrogens is 369 g/mol. The SMILES string of the molecule is CC(NC(=O)CNC(=O)c1ccccc1Cl)c1cccc(C(F)(F)F)c1. The number of carbonyl (C=O) groups excluding carboxylic acids is 2. The largest absolute Gasteiger partial charge is 0.416 e. The molecule has 4 nitrogen and oxygen atoms in total. The summed E-state index contributed by atoms with van der Waals surface area (Å²) >= 11 is 5.90. The molecule has 26 heavy (non-hydrogen) atoms. The second-order valence-electron chi connectivity index (χ2n) is 5.57. The molecule has 0 fully saturated rings. The van der Waals surface area contributed by atoms with Crippen LogP contribution < -0.4 is 10.6 Å². The summed E-state index contributed by atoms with van der Waals surface area (Å²) in [5, 5.41) is 5.21. The monoisotopic (exact) mass is 384 g/mol. The third kappa shape index (κ3) is 5.23. The van der Waals surface area contributed by atoms with Crippen LogP contribution in [0.25, 0.3) is 0 Å². The Morgan fingerprint density at radius 2 is 1.81 bits per heavy atom. The Balaban J connectivity index is 1.93. The van der Waals surface area contributed by atoms with Gasteiger partial charge in [-0.25, -0.2) is 0 Å². The van der Waals surface area contributed by atoms with E-state index in [2.05, 4.69) is 10.6 Å². The standard InChI is InChI=1S/C18H16ClF3N2O2/c1-11(12-5-4-6-13(9-12)18(20,21)22)24-16(25)10-23-17(26)14-7-2-3-8-15(14)19/h2-9,11H,10H2,1H3,(H,23,26)(H,24,25). The minimum atomic E-state index is -4.46. The van der Waals surface area contributed by atoms with Crippen molar-refractivity contribution < 1.29 is 22.8 Å². The Kier molecular flexibility index (Phi) is 6.26. The zero-order valence-corrected chi connectivity index (χ0v) is 14.5. The van der Waals surface area contributed by atoms with E-state index in [-0.39, 0.29) is 17.1 Å². The van der Waals surface area contributed by atoms with Gasteiger partial charge in [-0.05, 0) is 36.8 Å². The Hall–Kier alpha value is -2.54. The van der Waals surface area contributed by atoms with Crippen molar-refractivity contribution in [2.45, 2.75) is 19.1 Å². The molecule has 2 rings (SSSR count). The average Bonchev–Trinajstić information content (AvgIpc) is 2.59. The zero-order valence-electron chi connectivity index (χ0n) is 13.7. The minimum absolute atomic E-state index is 0.230. The first-order chi connectivity index (χ1) is 12.2. The Labute approximate surface area is 153 Å². The lowest BCUT2D eigenvalue weighted by molar-refractivity contribution is -0.137. The fraction of sp³-hybridized carbons (Fsp3) is 0.222. The van der Waals surface area contributed by atoms with Crippen molar-refractivity contribution in [2.75, 3.05) is 6.54 Å². The average molecular weight is 385 g/mol. The minimum Gasteiger partial charge on any atom is -0.348 e. The third-order valence-electron chi connectivity index (χ3n) is 3.62. The van der Waals surface area contributed by atoms with Crippen LogP contribution in [-0.2, 0) is 11.0 Å². The molecule has 0 bridgehead atoms. The van der Waals surface area contributed by atoms with Gasteiger partial charge in [0.25, 0.3) is 5.91 Å². The molecular formula is C18H16ClF3N2O2. The van der Waals surface area contributed by atoms with Crippen molar-refractivity contribution in [3.05, 3.63) is 70.2 Å². The quantitative estimate of drug-likeness (QED) is 0.819. The molecule has 138 valence electrons. The molecule has 2 aromatic carbocycles. The molecule has 0 spiro atoms. The second kappa shape index (κ2) is 8.23. The molecule has 0 aliphatic rings.